The van der Waals surface area contributed by atoms with E-state index < -0.39 is 0 Å². The Morgan fingerprint density at radius 3 is 2.31 bits per heavy atom. The van der Waals surface area contributed by atoms with Crippen LogP contribution in [0.15, 0.2) is 28.3 Å². The molecule has 16 heavy (non-hydrogen) atoms. The molecule has 3 N–H and O–H groups in total. The van der Waals surface area contributed by atoms with Crippen molar-refractivity contribution in [2.45, 2.75) is 13.8 Å². The molecule has 0 saturated heterocycles. The molecule has 0 saturated carbocycles. The smallest absolute Gasteiger partial charge is 0.214 e. The highest BCUT2D eigenvalue weighted by Gasteiger charge is 2.04. The molecule has 6 heteroatoms. The molecule has 0 spiro atoms. The van der Waals surface area contributed by atoms with E-state index in [0.717, 1.165) is 5.71 Å². The number of hydrazone groups is 1. The molecule has 1 aromatic carbocycles. The molecule has 4 nitrogen and oxygen atoms in total. The van der Waals surface area contributed by atoms with Crippen LogP contribution in [0.2, 0.25) is 10.0 Å². The molecule has 0 unspecified atom stereocenters. The number of guanidine groups is 1. The van der Waals surface area contributed by atoms with Gasteiger partial charge in [-0.25, -0.2) is 10.4 Å². The lowest BCUT2D eigenvalue weighted by Gasteiger charge is -2.03. The van der Waals surface area contributed by atoms with E-state index in [1.807, 2.05) is 13.8 Å². The summed E-state index contributed by atoms with van der Waals surface area (Å²) in [6.45, 7) is 3.67. The number of halogens is 2. The standard InChI is InChI=1S/C10H12Cl2N4/c1-6(2)15-16-10(13)14-9-7(11)4-3-5-8(9)12/h3-5H,1-2H3,(H3,13,14,16). The summed E-state index contributed by atoms with van der Waals surface area (Å²) in [5, 5.41) is 4.78. The highest BCUT2D eigenvalue weighted by molar-refractivity contribution is 6.38. The van der Waals surface area contributed by atoms with Gasteiger partial charge < -0.3 is 5.73 Å². The minimum Gasteiger partial charge on any atom is -0.368 e. The summed E-state index contributed by atoms with van der Waals surface area (Å²) in [6, 6.07) is 5.11. The van der Waals surface area contributed by atoms with Crippen LogP contribution in [0.5, 0.6) is 0 Å². The molecule has 86 valence electrons. The quantitative estimate of drug-likeness (QED) is 0.487. The number of rotatable bonds is 2. The first-order chi connectivity index (χ1) is 7.50. The molecule has 0 aromatic heterocycles. The van der Waals surface area contributed by atoms with Gasteiger partial charge >= 0.3 is 0 Å². The topological polar surface area (TPSA) is 62.8 Å². The van der Waals surface area contributed by atoms with Crippen molar-refractivity contribution in [3.05, 3.63) is 28.2 Å². The predicted molar refractivity (Wildman–Crippen MR) is 69.7 cm³/mol. The molecule has 0 radical (unpaired) electrons. The van der Waals surface area contributed by atoms with E-state index in [1.54, 1.807) is 18.2 Å². The molecular weight excluding hydrogens is 247 g/mol. The van der Waals surface area contributed by atoms with E-state index in [4.69, 9.17) is 28.9 Å². The minimum absolute atomic E-state index is 0.135. The molecule has 1 aromatic rings. The number of aliphatic imine (C=N–C) groups is 1. The summed E-state index contributed by atoms with van der Waals surface area (Å²) in [6.07, 6.45) is 0. The van der Waals surface area contributed by atoms with E-state index in [1.165, 1.54) is 0 Å². The van der Waals surface area contributed by atoms with E-state index in [0.29, 0.717) is 15.7 Å². The van der Waals surface area contributed by atoms with Crippen LogP contribution < -0.4 is 11.2 Å². The van der Waals surface area contributed by atoms with Gasteiger partial charge in [-0.05, 0) is 26.0 Å². The zero-order valence-electron chi connectivity index (χ0n) is 8.96. The highest BCUT2D eigenvalue weighted by Crippen LogP contribution is 2.32. The number of para-hydroxylation sites is 1. The second-order valence-corrected chi connectivity index (χ2v) is 4.05. The first kappa shape index (κ1) is 12.8. The average molecular weight is 259 g/mol. The van der Waals surface area contributed by atoms with Crippen LogP contribution >= 0.6 is 23.2 Å². The molecule has 0 atom stereocenters. The van der Waals surface area contributed by atoms with E-state index >= 15 is 0 Å². The number of hydrogen-bond acceptors (Lipinski definition) is 2. The fourth-order valence-electron chi connectivity index (χ4n) is 0.910. The molecule has 0 aliphatic carbocycles. The molecular formula is C10H12Cl2N4. The number of hydrogen-bond donors (Lipinski definition) is 2. The van der Waals surface area contributed by atoms with Crippen molar-refractivity contribution in [3.63, 3.8) is 0 Å². The second kappa shape index (κ2) is 5.72. The number of benzene rings is 1. The lowest BCUT2D eigenvalue weighted by molar-refractivity contribution is 1.00. The van der Waals surface area contributed by atoms with Crippen molar-refractivity contribution in [3.8, 4) is 0 Å². The first-order valence-corrected chi connectivity index (χ1v) is 5.31. The lowest BCUT2D eigenvalue weighted by Crippen LogP contribution is -2.27. The number of nitrogens with two attached hydrogens (primary N) is 1. The highest BCUT2D eigenvalue weighted by atomic mass is 35.5. The van der Waals surface area contributed by atoms with Gasteiger partial charge in [-0.1, -0.05) is 29.3 Å². The van der Waals surface area contributed by atoms with Crippen LogP contribution in [0.4, 0.5) is 5.69 Å². The maximum atomic E-state index is 5.93. The van der Waals surface area contributed by atoms with Gasteiger partial charge in [-0.2, -0.15) is 5.10 Å². The summed E-state index contributed by atoms with van der Waals surface area (Å²) in [7, 11) is 0. The molecule has 0 heterocycles. The van der Waals surface area contributed by atoms with Crippen molar-refractivity contribution in [2.75, 3.05) is 0 Å². The Bertz CT molecular complexity index is 416. The third kappa shape index (κ3) is 3.72. The van der Waals surface area contributed by atoms with Crippen molar-refractivity contribution < 1.29 is 0 Å². The summed E-state index contributed by atoms with van der Waals surface area (Å²) in [5.74, 6) is 0.135. The fraction of sp³-hybridized carbons (Fsp3) is 0.200. The predicted octanol–water partition coefficient (Wildman–Crippen LogP) is 2.93. The Labute approximate surface area is 104 Å². The van der Waals surface area contributed by atoms with Gasteiger partial charge in [0.25, 0.3) is 0 Å². The maximum Gasteiger partial charge on any atom is 0.214 e. The third-order valence-corrected chi connectivity index (χ3v) is 2.17. The summed E-state index contributed by atoms with van der Waals surface area (Å²) >= 11 is 11.9. The van der Waals surface area contributed by atoms with Crippen molar-refractivity contribution >= 4 is 40.6 Å². The van der Waals surface area contributed by atoms with Crippen LogP contribution in [0.25, 0.3) is 0 Å². The minimum atomic E-state index is 0.135. The third-order valence-electron chi connectivity index (χ3n) is 1.56. The lowest BCUT2D eigenvalue weighted by atomic mass is 10.3. The van der Waals surface area contributed by atoms with Gasteiger partial charge in [-0.3, -0.25) is 0 Å². The Morgan fingerprint density at radius 1 is 1.25 bits per heavy atom. The Kier molecular flexibility index (Phi) is 4.58. The van der Waals surface area contributed by atoms with Crippen LogP contribution in [0, 0.1) is 0 Å². The van der Waals surface area contributed by atoms with Crippen LogP contribution in [-0.2, 0) is 0 Å². The van der Waals surface area contributed by atoms with Crippen molar-refractivity contribution in [2.24, 2.45) is 15.8 Å². The summed E-state index contributed by atoms with van der Waals surface area (Å²) < 4.78 is 0. The molecule has 0 fully saturated rings. The van der Waals surface area contributed by atoms with Crippen molar-refractivity contribution in [1.82, 2.24) is 5.43 Å². The Morgan fingerprint density at radius 2 is 1.81 bits per heavy atom. The van der Waals surface area contributed by atoms with Gasteiger partial charge in [0.2, 0.25) is 5.96 Å². The first-order valence-electron chi connectivity index (χ1n) is 4.56. The Balaban J connectivity index is 2.94. The zero-order chi connectivity index (χ0) is 12.1. The Hall–Kier alpha value is -1.26. The summed E-state index contributed by atoms with van der Waals surface area (Å²) in [5.41, 5.74) is 9.46. The maximum absolute atomic E-state index is 5.93. The molecule has 0 aliphatic heterocycles. The SMILES string of the molecule is CC(C)=NNC(N)=Nc1c(Cl)cccc1Cl. The number of nitrogens with zero attached hydrogens (tertiary/aromatic N) is 2. The van der Waals surface area contributed by atoms with Gasteiger partial charge in [0.15, 0.2) is 0 Å². The summed E-state index contributed by atoms with van der Waals surface area (Å²) in [4.78, 5) is 4.04. The fourth-order valence-corrected chi connectivity index (χ4v) is 1.39. The monoisotopic (exact) mass is 258 g/mol. The van der Waals surface area contributed by atoms with Crippen LogP contribution in [0.1, 0.15) is 13.8 Å². The molecule has 0 bridgehead atoms. The van der Waals surface area contributed by atoms with Gasteiger partial charge in [0.05, 0.1) is 10.0 Å². The van der Waals surface area contributed by atoms with E-state index in [9.17, 15) is 0 Å². The number of nitrogens with one attached hydrogen (secondary N) is 1. The van der Waals surface area contributed by atoms with Gasteiger partial charge in [-0.15, -0.1) is 0 Å². The van der Waals surface area contributed by atoms with Crippen LogP contribution in [0.3, 0.4) is 0 Å². The van der Waals surface area contributed by atoms with Gasteiger partial charge in [0, 0.05) is 5.71 Å². The molecule has 0 aliphatic rings. The normalized spacial score (nSPS) is 11.1. The average Bonchev–Trinajstić information content (AvgIpc) is 2.21. The van der Waals surface area contributed by atoms with E-state index in [2.05, 4.69) is 15.5 Å². The molecule has 0 amide bonds. The largest absolute Gasteiger partial charge is 0.368 e. The molecule has 1 rings (SSSR count). The van der Waals surface area contributed by atoms with Crippen LogP contribution in [-0.4, -0.2) is 11.7 Å². The van der Waals surface area contributed by atoms with Gasteiger partial charge in [0.1, 0.15) is 5.69 Å². The van der Waals surface area contributed by atoms with E-state index in [-0.39, 0.29) is 5.96 Å². The zero-order valence-corrected chi connectivity index (χ0v) is 10.5. The van der Waals surface area contributed by atoms with Crippen molar-refractivity contribution in [1.29, 1.82) is 0 Å². The second-order valence-electron chi connectivity index (χ2n) is 3.24.